The summed E-state index contributed by atoms with van der Waals surface area (Å²) in [6.45, 7) is 5.94. The number of carbonyl (C=O) groups excluding carboxylic acids is 1. The minimum absolute atomic E-state index is 0.233. The van der Waals surface area contributed by atoms with Gasteiger partial charge in [-0.15, -0.1) is 11.3 Å². The van der Waals surface area contributed by atoms with Gasteiger partial charge in [0.15, 0.2) is 0 Å². The lowest BCUT2D eigenvalue weighted by Crippen LogP contribution is -2.42. The van der Waals surface area contributed by atoms with Crippen LogP contribution in [-0.4, -0.2) is 47.4 Å². The van der Waals surface area contributed by atoms with E-state index in [9.17, 15) is 4.79 Å². The first kappa shape index (κ1) is 12.1. The van der Waals surface area contributed by atoms with Crippen molar-refractivity contribution in [1.29, 1.82) is 0 Å². The number of likely N-dealkylation sites (tertiary alicyclic amines) is 2. The molecule has 2 aliphatic rings. The average molecular weight is 265 g/mol. The van der Waals surface area contributed by atoms with Gasteiger partial charge in [-0.25, -0.2) is 4.98 Å². The summed E-state index contributed by atoms with van der Waals surface area (Å²) >= 11 is 1.72. The largest absolute Gasteiger partial charge is 0.345 e. The molecular formula is C13H19N3OS. The Hall–Kier alpha value is -0.940. The van der Waals surface area contributed by atoms with E-state index in [1.165, 1.54) is 4.88 Å². The van der Waals surface area contributed by atoms with Crippen LogP contribution >= 0.6 is 11.3 Å². The Morgan fingerprint density at radius 3 is 3.06 bits per heavy atom. The molecule has 3 heterocycles. The van der Waals surface area contributed by atoms with E-state index in [0.717, 1.165) is 38.3 Å². The molecule has 98 valence electrons. The number of nitrogens with zero attached hydrogens (tertiary/aromatic N) is 3. The molecule has 0 aromatic carbocycles. The molecule has 2 atom stereocenters. The number of rotatable bonds is 2. The number of amides is 1. The summed E-state index contributed by atoms with van der Waals surface area (Å²) in [5.41, 5.74) is 3.05. The zero-order chi connectivity index (χ0) is 12.7. The summed E-state index contributed by atoms with van der Waals surface area (Å²) in [4.78, 5) is 22.1. The third-order valence-corrected chi connectivity index (χ3v) is 5.18. The zero-order valence-corrected chi connectivity index (χ0v) is 11.7. The molecule has 1 aromatic rings. The zero-order valence-electron chi connectivity index (χ0n) is 10.9. The van der Waals surface area contributed by atoms with Gasteiger partial charge in [-0.3, -0.25) is 9.69 Å². The van der Waals surface area contributed by atoms with E-state index in [1.54, 1.807) is 11.3 Å². The second-order valence-electron chi connectivity index (χ2n) is 5.47. The molecule has 0 saturated carbocycles. The standard InChI is InChI=1S/C13H19N3OS/c1-9-12(18-8-14-9)7-16-5-10-3-4-15(2)13(17)11(10)6-16/h8,10-11H,3-7H2,1-2H3/t10-,11+/m1/s1. The van der Waals surface area contributed by atoms with Gasteiger partial charge in [0, 0.05) is 38.1 Å². The maximum absolute atomic E-state index is 12.1. The molecule has 2 saturated heterocycles. The fourth-order valence-corrected chi connectivity index (χ4v) is 3.91. The predicted octanol–water partition coefficient (Wildman–Crippen LogP) is 1.36. The van der Waals surface area contributed by atoms with Gasteiger partial charge in [-0.2, -0.15) is 0 Å². The lowest BCUT2D eigenvalue weighted by molar-refractivity contribution is -0.137. The first-order valence-corrected chi connectivity index (χ1v) is 7.39. The Labute approximate surface area is 112 Å². The summed E-state index contributed by atoms with van der Waals surface area (Å²) < 4.78 is 0. The third-order valence-electron chi connectivity index (χ3n) is 4.26. The molecule has 5 heteroatoms. The van der Waals surface area contributed by atoms with Crippen molar-refractivity contribution in [3.63, 3.8) is 0 Å². The molecular weight excluding hydrogens is 246 g/mol. The summed E-state index contributed by atoms with van der Waals surface area (Å²) in [5.74, 6) is 1.15. The van der Waals surface area contributed by atoms with Gasteiger partial charge in [-0.05, 0) is 19.3 Å². The second-order valence-corrected chi connectivity index (χ2v) is 6.41. The first-order chi connectivity index (χ1) is 8.65. The van der Waals surface area contributed by atoms with E-state index in [1.807, 2.05) is 17.5 Å². The van der Waals surface area contributed by atoms with Crippen LogP contribution in [0.15, 0.2) is 5.51 Å². The van der Waals surface area contributed by atoms with Crippen LogP contribution in [0.5, 0.6) is 0 Å². The molecule has 1 amide bonds. The van der Waals surface area contributed by atoms with Crippen molar-refractivity contribution in [2.24, 2.45) is 11.8 Å². The Bertz CT molecular complexity index is 459. The number of aryl methyl sites for hydroxylation is 1. The lowest BCUT2D eigenvalue weighted by Gasteiger charge is -2.30. The fraction of sp³-hybridized carbons (Fsp3) is 0.692. The Balaban J connectivity index is 1.68. The lowest BCUT2D eigenvalue weighted by atomic mass is 9.88. The SMILES string of the molecule is Cc1ncsc1CN1C[C@H]2CCN(C)C(=O)[C@H]2C1. The molecule has 0 radical (unpaired) electrons. The molecule has 0 bridgehead atoms. The minimum Gasteiger partial charge on any atom is -0.345 e. The topological polar surface area (TPSA) is 36.4 Å². The third kappa shape index (κ3) is 2.06. The Morgan fingerprint density at radius 1 is 1.50 bits per heavy atom. The van der Waals surface area contributed by atoms with Crippen LogP contribution in [-0.2, 0) is 11.3 Å². The molecule has 0 N–H and O–H groups in total. The smallest absolute Gasteiger partial charge is 0.227 e. The highest BCUT2D eigenvalue weighted by Gasteiger charge is 2.41. The summed E-state index contributed by atoms with van der Waals surface area (Å²) in [6.07, 6.45) is 1.16. The maximum Gasteiger partial charge on any atom is 0.227 e. The van der Waals surface area contributed by atoms with Crippen LogP contribution in [0.2, 0.25) is 0 Å². The molecule has 0 aliphatic carbocycles. The molecule has 3 rings (SSSR count). The monoisotopic (exact) mass is 265 g/mol. The highest BCUT2D eigenvalue weighted by molar-refractivity contribution is 7.09. The van der Waals surface area contributed by atoms with Gasteiger partial charge in [0.2, 0.25) is 5.91 Å². The molecule has 4 nitrogen and oxygen atoms in total. The quantitative estimate of drug-likeness (QED) is 0.810. The van der Waals surface area contributed by atoms with Crippen molar-refractivity contribution >= 4 is 17.2 Å². The fourth-order valence-electron chi connectivity index (χ4n) is 3.10. The van der Waals surface area contributed by atoms with Crippen molar-refractivity contribution in [3.8, 4) is 0 Å². The minimum atomic E-state index is 0.233. The van der Waals surface area contributed by atoms with E-state index in [0.29, 0.717) is 11.8 Å². The summed E-state index contributed by atoms with van der Waals surface area (Å²) in [7, 11) is 1.93. The molecule has 0 spiro atoms. The first-order valence-electron chi connectivity index (χ1n) is 6.51. The van der Waals surface area contributed by atoms with Gasteiger partial charge >= 0.3 is 0 Å². The van der Waals surface area contributed by atoms with Crippen LogP contribution in [0.3, 0.4) is 0 Å². The van der Waals surface area contributed by atoms with Gasteiger partial charge in [0.25, 0.3) is 0 Å². The van der Waals surface area contributed by atoms with Crippen molar-refractivity contribution in [3.05, 3.63) is 16.1 Å². The maximum atomic E-state index is 12.1. The van der Waals surface area contributed by atoms with Crippen molar-refractivity contribution in [2.45, 2.75) is 19.9 Å². The van der Waals surface area contributed by atoms with Gasteiger partial charge in [0.1, 0.15) is 0 Å². The van der Waals surface area contributed by atoms with E-state index < -0.39 is 0 Å². The molecule has 2 fully saturated rings. The summed E-state index contributed by atoms with van der Waals surface area (Å²) in [5, 5.41) is 0. The second kappa shape index (κ2) is 4.63. The average Bonchev–Trinajstić information content (AvgIpc) is 2.92. The van der Waals surface area contributed by atoms with E-state index >= 15 is 0 Å². The number of piperidine rings is 1. The van der Waals surface area contributed by atoms with Gasteiger partial charge in [0.05, 0.1) is 17.1 Å². The van der Waals surface area contributed by atoms with E-state index in [2.05, 4.69) is 16.8 Å². The number of carbonyl (C=O) groups is 1. The number of aromatic nitrogens is 1. The van der Waals surface area contributed by atoms with Crippen LogP contribution in [0.25, 0.3) is 0 Å². The van der Waals surface area contributed by atoms with Crippen LogP contribution < -0.4 is 0 Å². The normalized spacial score (nSPS) is 28.8. The number of thiazole rings is 1. The van der Waals surface area contributed by atoms with Crippen LogP contribution in [0, 0.1) is 18.8 Å². The number of fused-ring (bicyclic) bond motifs is 1. The van der Waals surface area contributed by atoms with Gasteiger partial charge < -0.3 is 4.90 Å². The Morgan fingerprint density at radius 2 is 2.33 bits per heavy atom. The predicted molar refractivity (Wildman–Crippen MR) is 71.4 cm³/mol. The molecule has 1 aromatic heterocycles. The van der Waals surface area contributed by atoms with Crippen LogP contribution in [0.4, 0.5) is 0 Å². The van der Waals surface area contributed by atoms with Crippen molar-refractivity contribution in [1.82, 2.24) is 14.8 Å². The number of hydrogen-bond acceptors (Lipinski definition) is 4. The van der Waals surface area contributed by atoms with Crippen LogP contribution in [0.1, 0.15) is 17.0 Å². The Kier molecular flexibility index (Phi) is 3.11. The highest BCUT2D eigenvalue weighted by atomic mass is 32.1. The highest BCUT2D eigenvalue weighted by Crippen LogP contribution is 2.32. The van der Waals surface area contributed by atoms with E-state index in [4.69, 9.17) is 0 Å². The van der Waals surface area contributed by atoms with Gasteiger partial charge in [-0.1, -0.05) is 0 Å². The molecule has 18 heavy (non-hydrogen) atoms. The number of hydrogen-bond donors (Lipinski definition) is 0. The van der Waals surface area contributed by atoms with Crippen molar-refractivity contribution < 1.29 is 4.79 Å². The van der Waals surface area contributed by atoms with E-state index in [-0.39, 0.29) is 5.92 Å². The summed E-state index contributed by atoms with van der Waals surface area (Å²) in [6, 6.07) is 0. The van der Waals surface area contributed by atoms with Crippen molar-refractivity contribution in [2.75, 3.05) is 26.7 Å². The molecule has 2 aliphatic heterocycles. The molecule has 0 unspecified atom stereocenters.